The zero-order valence-corrected chi connectivity index (χ0v) is 20.0. The minimum Gasteiger partial charge on any atom is -0.445 e. The number of ketones is 2. The van der Waals surface area contributed by atoms with E-state index in [0.29, 0.717) is 25.9 Å². The lowest BCUT2D eigenvalue weighted by Crippen LogP contribution is -2.39. The van der Waals surface area contributed by atoms with Gasteiger partial charge in [-0.15, -0.1) is 0 Å². The number of Topliss-reactive ketones (excluding diaryl/α,β-unsaturated/α-hetero) is 2. The molecule has 182 valence electrons. The molecule has 0 bridgehead atoms. The summed E-state index contributed by atoms with van der Waals surface area (Å²) >= 11 is 0. The van der Waals surface area contributed by atoms with Crippen LogP contribution in [0.15, 0.2) is 30.3 Å². The van der Waals surface area contributed by atoms with Crippen LogP contribution in [-0.4, -0.2) is 65.3 Å². The molecule has 0 radical (unpaired) electrons. The maximum atomic E-state index is 11.8. The Balaban J connectivity index is 0.000000238. The third-order valence-electron chi connectivity index (χ3n) is 5.12. The normalized spacial score (nSPS) is 17.3. The number of benzene rings is 1. The SMILES string of the molecule is CC(C)(C)OC(=O)N1CCCCC(=O)C1.O=C1CCCCN(C(=O)OCc2ccccc2)C1. The van der Waals surface area contributed by atoms with Crippen LogP contribution in [0.2, 0.25) is 0 Å². The molecule has 0 atom stereocenters. The monoisotopic (exact) mass is 460 g/mol. The van der Waals surface area contributed by atoms with E-state index in [1.54, 1.807) is 0 Å². The van der Waals surface area contributed by atoms with E-state index in [1.165, 1.54) is 9.80 Å². The Morgan fingerprint density at radius 2 is 1.33 bits per heavy atom. The minimum atomic E-state index is -0.494. The zero-order chi connectivity index (χ0) is 24.3. The number of rotatable bonds is 2. The third-order valence-corrected chi connectivity index (χ3v) is 5.12. The molecule has 0 aromatic heterocycles. The number of hydrogen-bond acceptors (Lipinski definition) is 6. The largest absolute Gasteiger partial charge is 0.445 e. The summed E-state index contributed by atoms with van der Waals surface area (Å²) < 4.78 is 10.4. The standard InChI is InChI=1S/C14H17NO3.C11H19NO3/c16-13-8-4-5-9-15(10-13)14(17)18-11-12-6-2-1-3-7-12;1-11(2,3)15-10(14)12-7-5-4-6-9(13)8-12/h1-3,6-7H,4-5,8-11H2;4-8H2,1-3H3. The van der Waals surface area contributed by atoms with Gasteiger partial charge in [0.05, 0.1) is 13.1 Å². The summed E-state index contributed by atoms with van der Waals surface area (Å²) in [5, 5.41) is 0. The number of hydrogen-bond donors (Lipinski definition) is 0. The van der Waals surface area contributed by atoms with Crippen molar-refractivity contribution in [2.75, 3.05) is 26.2 Å². The van der Waals surface area contributed by atoms with Crippen molar-refractivity contribution in [3.05, 3.63) is 35.9 Å². The number of amides is 2. The van der Waals surface area contributed by atoms with Gasteiger partial charge in [0.15, 0.2) is 11.6 Å². The molecule has 0 spiro atoms. The first-order valence-electron chi connectivity index (χ1n) is 11.6. The molecule has 33 heavy (non-hydrogen) atoms. The van der Waals surface area contributed by atoms with E-state index in [4.69, 9.17) is 9.47 Å². The molecule has 2 amide bonds. The van der Waals surface area contributed by atoms with Crippen LogP contribution < -0.4 is 0 Å². The summed E-state index contributed by atoms with van der Waals surface area (Å²) in [5.41, 5.74) is 0.457. The highest BCUT2D eigenvalue weighted by molar-refractivity contribution is 5.85. The molecule has 2 saturated heterocycles. The highest BCUT2D eigenvalue weighted by Gasteiger charge is 2.25. The fraction of sp³-hybridized carbons (Fsp3) is 0.600. The Morgan fingerprint density at radius 1 is 0.818 bits per heavy atom. The highest BCUT2D eigenvalue weighted by atomic mass is 16.6. The lowest BCUT2D eigenvalue weighted by molar-refractivity contribution is -0.120. The molecule has 0 aliphatic carbocycles. The van der Waals surface area contributed by atoms with E-state index >= 15 is 0 Å². The molecule has 2 aliphatic heterocycles. The molecule has 2 fully saturated rings. The average Bonchev–Trinajstić information content (AvgIpc) is 3.12. The van der Waals surface area contributed by atoms with Gasteiger partial charge in [-0.2, -0.15) is 0 Å². The second-order valence-corrected chi connectivity index (χ2v) is 9.36. The van der Waals surface area contributed by atoms with Crippen molar-refractivity contribution in [2.45, 2.75) is 71.5 Å². The molecule has 8 heteroatoms. The summed E-state index contributed by atoms with van der Waals surface area (Å²) in [4.78, 5) is 49.2. The number of nitrogens with zero attached hydrogens (tertiary/aromatic N) is 2. The van der Waals surface area contributed by atoms with E-state index in [2.05, 4.69) is 0 Å². The second kappa shape index (κ2) is 13.0. The average molecular weight is 461 g/mol. The van der Waals surface area contributed by atoms with Crippen molar-refractivity contribution in [2.24, 2.45) is 0 Å². The van der Waals surface area contributed by atoms with Crippen molar-refractivity contribution >= 4 is 23.8 Å². The van der Waals surface area contributed by atoms with Gasteiger partial charge in [0.2, 0.25) is 0 Å². The van der Waals surface area contributed by atoms with Gasteiger partial charge in [-0.1, -0.05) is 30.3 Å². The Bertz CT molecular complexity index is 803. The maximum absolute atomic E-state index is 11.8. The van der Waals surface area contributed by atoms with Crippen LogP contribution in [0.3, 0.4) is 0 Å². The van der Waals surface area contributed by atoms with Crippen molar-refractivity contribution in [3.8, 4) is 0 Å². The molecule has 0 saturated carbocycles. The fourth-order valence-electron chi connectivity index (χ4n) is 3.44. The molecule has 1 aromatic rings. The number of carbonyl (C=O) groups is 4. The van der Waals surface area contributed by atoms with Crippen LogP contribution in [0.4, 0.5) is 9.59 Å². The lowest BCUT2D eigenvalue weighted by Gasteiger charge is -2.25. The van der Waals surface area contributed by atoms with Gasteiger partial charge >= 0.3 is 12.2 Å². The lowest BCUT2D eigenvalue weighted by atomic mass is 10.2. The van der Waals surface area contributed by atoms with Crippen LogP contribution in [0, 0.1) is 0 Å². The molecule has 1 aromatic carbocycles. The molecule has 0 N–H and O–H groups in total. The van der Waals surface area contributed by atoms with Crippen LogP contribution in [0.5, 0.6) is 0 Å². The first-order chi connectivity index (χ1) is 15.6. The smallest absolute Gasteiger partial charge is 0.410 e. The second-order valence-electron chi connectivity index (χ2n) is 9.36. The third kappa shape index (κ3) is 10.5. The molecule has 2 aliphatic rings. The zero-order valence-electron chi connectivity index (χ0n) is 20.0. The number of likely N-dealkylation sites (tertiary alicyclic amines) is 2. The number of ether oxygens (including phenoxy) is 2. The highest BCUT2D eigenvalue weighted by Crippen LogP contribution is 2.13. The molecule has 0 unspecified atom stereocenters. The maximum Gasteiger partial charge on any atom is 0.410 e. The van der Waals surface area contributed by atoms with Gasteiger partial charge in [-0.25, -0.2) is 9.59 Å². The first-order valence-corrected chi connectivity index (χ1v) is 11.6. The molecule has 8 nitrogen and oxygen atoms in total. The van der Waals surface area contributed by atoms with Gasteiger partial charge in [0.25, 0.3) is 0 Å². The quantitative estimate of drug-likeness (QED) is 0.651. The van der Waals surface area contributed by atoms with Crippen molar-refractivity contribution in [1.82, 2.24) is 9.80 Å². The van der Waals surface area contributed by atoms with Gasteiger partial charge in [-0.3, -0.25) is 9.59 Å². The van der Waals surface area contributed by atoms with Crippen LogP contribution in [0.1, 0.15) is 64.9 Å². The molecule has 3 rings (SSSR count). The van der Waals surface area contributed by atoms with Crippen molar-refractivity contribution in [3.63, 3.8) is 0 Å². The predicted molar refractivity (Wildman–Crippen MR) is 124 cm³/mol. The fourth-order valence-corrected chi connectivity index (χ4v) is 3.44. The van der Waals surface area contributed by atoms with Gasteiger partial charge in [0, 0.05) is 25.9 Å². The minimum absolute atomic E-state index is 0.115. The topological polar surface area (TPSA) is 93.2 Å². The first kappa shape index (κ1) is 26.4. The van der Waals surface area contributed by atoms with E-state index < -0.39 is 11.7 Å². The van der Waals surface area contributed by atoms with E-state index in [-0.39, 0.29) is 37.4 Å². The Labute approximate surface area is 196 Å². The Kier molecular flexibility index (Phi) is 10.4. The van der Waals surface area contributed by atoms with Crippen LogP contribution >= 0.6 is 0 Å². The van der Waals surface area contributed by atoms with Crippen molar-refractivity contribution in [1.29, 1.82) is 0 Å². The van der Waals surface area contributed by atoms with Gasteiger partial charge in [-0.05, 0) is 52.0 Å². The molecular formula is C25H36N2O6. The summed E-state index contributed by atoms with van der Waals surface area (Å²) in [6, 6.07) is 9.53. The summed E-state index contributed by atoms with van der Waals surface area (Å²) in [5.74, 6) is 0.238. The summed E-state index contributed by atoms with van der Waals surface area (Å²) in [6.45, 7) is 7.35. The summed E-state index contributed by atoms with van der Waals surface area (Å²) in [7, 11) is 0. The van der Waals surface area contributed by atoms with Gasteiger partial charge in [0.1, 0.15) is 12.2 Å². The van der Waals surface area contributed by atoms with Crippen LogP contribution in [0.25, 0.3) is 0 Å². The van der Waals surface area contributed by atoms with E-state index in [0.717, 1.165) is 31.2 Å². The van der Waals surface area contributed by atoms with E-state index in [1.807, 2.05) is 51.1 Å². The molecular weight excluding hydrogens is 424 g/mol. The molecule has 2 heterocycles. The Hall–Kier alpha value is -2.90. The Morgan fingerprint density at radius 3 is 1.85 bits per heavy atom. The van der Waals surface area contributed by atoms with Gasteiger partial charge < -0.3 is 19.3 Å². The predicted octanol–water partition coefficient (Wildman–Crippen LogP) is 4.35. The summed E-state index contributed by atoms with van der Waals surface area (Å²) in [6.07, 6.45) is 3.87. The van der Waals surface area contributed by atoms with Crippen LogP contribution in [-0.2, 0) is 25.7 Å². The number of carbonyl (C=O) groups excluding carboxylic acids is 4. The van der Waals surface area contributed by atoms with Crippen molar-refractivity contribution < 1.29 is 28.7 Å². The van der Waals surface area contributed by atoms with E-state index in [9.17, 15) is 19.2 Å².